The third-order valence-electron chi connectivity index (χ3n) is 4.89. The highest BCUT2D eigenvalue weighted by Gasteiger charge is 2.16. The van der Waals surface area contributed by atoms with Gasteiger partial charge < -0.3 is 24.3 Å². The molecule has 3 rings (SSSR count). The Balaban J connectivity index is 1.75. The highest BCUT2D eigenvalue weighted by molar-refractivity contribution is 5.89. The van der Waals surface area contributed by atoms with Gasteiger partial charge in [-0.15, -0.1) is 0 Å². The third-order valence-corrected chi connectivity index (χ3v) is 4.89. The quantitative estimate of drug-likeness (QED) is 0.596. The van der Waals surface area contributed by atoms with E-state index in [9.17, 15) is 9.18 Å². The molecule has 7 heteroatoms. The summed E-state index contributed by atoms with van der Waals surface area (Å²) in [7, 11) is 5.12. The number of methoxy groups -OCH3 is 2. The Labute approximate surface area is 175 Å². The van der Waals surface area contributed by atoms with Gasteiger partial charge in [0.25, 0.3) is 0 Å². The summed E-state index contributed by atoms with van der Waals surface area (Å²) in [5, 5.41) is 2.78. The number of amides is 2. The van der Waals surface area contributed by atoms with Gasteiger partial charge in [-0.1, -0.05) is 12.1 Å². The second-order valence-corrected chi connectivity index (χ2v) is 6.91. The number of aromatic nitrogens is 1. The number of nitrogens with one attached hydrogen (secondary N) is 1. The molecule has 0 aliphatic carbocycles. The molecule has 6 nitrogen and oxygen atoms in total. The van der Waals surface area contributed by atoms with Crippen LogP contribution in [0.2, 0.25) is 0 Å². The van der Waals surface area contributed by atoms with E-state index in [1.54, 1.807) is 31.3 Å². The molecular weight excluding hydrogens is 385 g/mol. The van der Waals surface area contributed by atoms with Gasteiger partial charge in [0.2, 0.25) is 0 Å². The summed E-state index contributed by atoms with van der Waals surface area (Å²) in [4.78, 5) is 14.6. The molecule has 0 radical (unpaired) electrons. The molecule has 1 heterocycles. The smallest absolute Gasteiger partial charge is 0.322 e. The minimum atomic E-state index is -0.396. The van der Waals surface area contributed by atoms with E-state index in [1.807, 2.05) is 48.1 Å². The van der Waals surface area contributed by atoms with Gasteiger partial charge in [0.05, 0.1) is 20.8 Å². The number of carbonyl (C=O) groups excluding carboxylic acids is 1. The van der Waals surface area contributed by atoms with E-state index in [0.29, 0.717) is 36.7 Å². The fraction of sp³-hybridized carbons (Fsp3) is 0.261. The van der Waals surface area contributed by atoms with Crippen molar-refractivity contribution >= 4 is 11.7 Å². The number of rotatable bonds is 8. The number of halogens is 1. The van der Waals surface area contributed by atoms with Gasteiger partial charge in [-0.25, -0.2) is 9.18 Å². The summed E-state index contributed by atoms with van der Waals surface area (Å²) >= 11 is 0. The number of carbonyl (C=O) groups is 1. The average molecular weight is 411 g/mol. The standard InChI is InChI=1S/C23H26FN3O3/c1-26-12-5-8-20(26)16-27(23(28)25-19-7-4-6-18(24)15-19)13-11-17-9-10-21(29-2)22(14-17)30-3/h4-10,12,14-15H,11,13,16H2,1-3H3,(H,25,28). The van der Waals surface area contributed by atoms with Gasteiger partial charge in [-0.3, -0.25) is 0 Å². The van der Waals surface area contributed by atoms with Crippen LogP contribution >= 0.6 is 0 Å². The summed E-state index contributed by atoms with van der Waals surface area (Å²) in [6.07, 6.45) is 2.56. The fourth-order valence-corrected chi connectivity index (χ4v) is 3.18. The number of nitrogens with zero attached hydrogens (tertiary/aromatic N) is 2. The van der Waals surface area contributed by atoms with Crippen LogP contribution in [0.5, 0.6) is 11.5 Å². The lowest BCUT2D eigenvalue weighted by atomic mass is 10.1. The van der Waals surface area contributed by atoms with E-state index in [2.05, 4.69) is 5.32 Å². The SMILES string of the molecule is COc1ccc(CCN(Cc2cccn2C)C(=O)Nc2cccc(F)c2)cc1OC. The number of hydrogen-bond acceptors (Lipinski definition) is 3. The summed E-state index contributed by atoms with van der Waals surface area (Å²) in [6.45, 7) is 0.903. The van der Waals surface area contributed by atoms with Crippen LogP contribution in [-0.4, -0.2) is 36.3 Å². The Morgan fingerprint density at radius 2 is 1.87 bits per heavy atom. The highest BCUT2D eigenvalue weighted by Crippen LogP contribution is 2.27. The minimum Gasteiger partial charge on any atom is -0.493 e. The predicted octanol–water partition coefficient (Wildman–Crippen LogP) is 4.46. The molecule has 158 valence electrons. The molecule has 3 aromatic rings. The van der Waals surface area contributed by atoms with Crippen molar-refractivity contribution in [2.45, 2.75) is 13.0 Å². The normalized spacial score (nSPS) is 10.5. The molecular formula is C23H26FN3O3. The van der Waals surface area contributed by atoms with Crippen molar-refractivity contribution in [1.29, 1.82) is 0 Å². The number of benzene rings is 2. The molecule has 2 amide bonds. The average Bonchev–Trinajstić information content (AvgIpc) is 3.15. The van der Waals surface area contributed by atoms with Crippen LogP contribution in [-0.2, 0) is 20.0 Å². The summed E-state index contributed by atoms with van der Waals surface area (Å²) in [5.74, 6) is 0.908. The van der Waals surface area contributed by atoms with Crippen LogP contribution in [0.3, 0.4) is 0 Å². The molecule has 0 spiro atoms. The van der Waals surface area contributed by atoms with E-state index < -0.39 is 5.82 Å². The lowest BCUT2D eigenvalue weighted by Gasteiger charge is -2.24. The van der Waals surface area contributed by atoms with E-state index in [4.69, 9.17) is 9.47 Å². The molecule has 0 aliphatic rings. The number of ether oxygens (including phenoxy) is 2. The van der Waals surface area contributed by atoms with E-state index in [0.717, 1.165) is 11.3 Å². The molecule has 2 aromatic carbocycles. The van der Waals surface area contributed by atoms with Crippen LogP contribution in [0, 0.1) is 5.82 Å². The monoisotopic (exact) mass is 411 g/mol. The van der Waals surface area contributed by atoms with E-state index in [1.165, 1.54) is 12.1 Å². The second kappa shape index (κ2) is 9.82. The maximum atomic E-state index is 13.5. The summed E-state index contributed by atoms with van der Waals surface area (Å²) < 4.78 is 26.1. The third kappa shape index (κ3) is 5.31. The Kier molecular flexibility index (Phi) is 6.95. The number of anilines is 1. The molecule has 0 aliphatic heterocycles. The lowest BCUT2D eigenvalue weighted by Crippen LogP contribution is -2.36. The van der Waals surface area contributed by atoms with Crippen LogP contribution in [0.15, 0.2) is 60.8 Å². The largest absolute Gasteiger partial charge is 0.493 e. The fourth-order valence-electron chi connectivity index (χ4n) is 3.18. The molecule has 0 atom stereocenters. The number of hydrogen-bond donors (Lipinski definition) is 1. The highest BCUT2D eigenvalue weighted by atomic mass is 19.1. The Bertz CT molecular complexity index is 1000. The van der Waals surface area contributed by atoms with Crippen LogP contribution in [0.25, 0.3) is 0 Å². The topological polar surface area (TPSA) is 55.7 Å². The first-order valence-corrected chi connectivity index (χ1v) is 9.62. The van der Waals surface area contributed by atoms with Crippen LogP contribution < -0.4 is 14.8 Å². The van der Waals surface area contributed by atoms with Crippen molar-refractivity contribution in [2.75, 3.05) is 26.1 Å². The van der Waals surface area contributed by atoms with Crippen molar-refractivity contribution in [3.8, 4) is 11.5 Å². The molecule has 1 aromatic heterocycles. The van der Waals surface area contributed by atoms with Gasteiger partial charge in [-0.2, -0.15) is 0 Å². The van der Waals surface area contributed by atoms with Gasteiger partial charge in [0.1, 0.15) is 5.82 Å². The predicted molar refractivity (Wildman–Crippen MR) is 114 cm³/mol. The molecule has 0 saturated heterocycles. The van der Waals surface area contributed by atoms with Crippen molar-refractivity contribution in [2.24, 2.45) is 7.05 Å². The minimum absolute atomic E-state index is 0.290. The van der Waals surface area contributed by atoms with Crippen molar-refractivity contribution in [3.63, 3.8) is 0 Å². The van der Waals surface area contributed by atoms with Crippen LogP contribution in [0.1, 0.15) is 11.3 Å². The van der Waals surface area contributed by atoms with Gasteiger partial charge in [0.15, 0.2) is 11.5 Å². The molecule has 1 N–H and O–H groups in total. The summed E-state index contributed by atoms with van der Waals surface area (Å²) in [5.41, 5.74) is 2.43. The van der Waals surface area contributed by atoms with Crippen molar-refractivity contribution in [3.05, 3.63) is 77.9 Å². The van der Waals surface area contributed by atoms with Gasteiger partial charge in [-0.05, 0) is 54.4 Å². The molecule has 30 heavy (non-hydrogen) atoms. The maximum absolute atomic E-state index is 13.5. The first-order valence-electron chi connectivity index (χ1n) is 9.62. The first kappa shape index (κ1) is 21.2. The summed E-state index contributed by atoms with van der Waals surface area (Å²) in [6, 6.07) is 15.2. The zero-order valence-electron chi connectivity index (χ0n) is 17.4. The van der Waals surface area contributed by atoms with Crippen molar-refractivity contribution in [1.82, 2.24) is 9.47 Å². The van der Waals surface area contributed by atoms with E-state index in [-0.39, 0.29) is 6.03 Å². The zero-order valence-corrected chi connectivity index (χ0v) is 17.4. The Morgan fingerprint density at radius 3 is 2.53 bits per heavy atom. The lowest BCUT2D eigenvalue weighted by molar-refractivity contribution is 0.208. The second-order valence-electron chi connectivity index (χ2n) is 6.91. The maximum Gasteiger partial charge on any atom is 0.322 e. The Morgan fingerprint density at radius 1 is 1.07 bits per heavy atom. The van der Waals surface area contributed by atoms with E-state index >= 15 is 0 Å². The van der Waals surface area contributed by atoms with Crippen LogP contribution in [0.4, 0.5) is 14.9 Å². The molecule has 0 unspecified atom stereocenters. The first-order chi connectivity index (χ1) is 14.5. The Hall–Kier alpha value is -3.48. The molecule has 0 bridgehead atoms. The molecule has 0 saturated carbocycles. The zero-order chi connectivity index (χ0) is 21.5. The van der Waals surface area contributed by atoms with Gasteiger partial charge >= 0.3 is 6.03 Å². The molecule has 0 fully saturated rings. The number of aryl methyl sites for hydroxylation is 1. The number of urea groups is 1. The van der Waals surface area contributed by atoms with Gasteiger partial charge in [0, 0.05) is 31.2 Å². The van der Waals surface area contributed by atoms with Crippen molar-refractivity contribution < 1.29 is 18.7 Å².